The lowest BCUT2D eigenvalue weighted by atomic mass is 9.84. The number of nitrogens with two attached hydrogens (primary N) is 1. The zero-order chi connectivity index (χ0) is 12.5. The lowest BCUT2D eigenvalue weighted by Crippen LogP contribution is -2.62. The van der Waals surface area contributed by atoms with Gasteiger partial charge in [-0.05, 0) is 0 Å². The zero-order valence-corrected chi connectivity index (χ0v) is 10.1. The van der Waals surface area contributed by atoms with Crippen molar-refractivity contribution in [3.8, 4) is 0 Å². The monoisotopic (exact) mass is 241 g/mol. The average Bonchev–Trinajstić information content (AvgIpc) is 2.28. The van der Waals surface area contributed by atoms with E-state index in [9.17, 15) is 9.59 Å². The molecule has 0 unspecified atom stereocenters. The first-order chi connectivity index (χ1) is 8.09. The van der Waals surface area contributed by atoms with Gasteiger partial charge >= 0.3 is 0 Å². The van der Waals surface area contributed by atoms with Gasteiger partial charge in [-0.3, -0.25) is 9.59 Å². The summed E-state index contributed by atoms with van der Waals surface area (Å²) in [7, 11) is 0. The van der Waals surface area contributed by atoms with Gasteiger partial charge in [0.15, 0.2) is 0 Å². The number of hydrogen-bond acceptors (Lipinski definition) is 4. The third-order valence-corrected chi connectivity index (χ3v) is 3.61. The Morgan fingerprint density at radius 1 is 1.18 bits per heavy atom. The molecule has 2 fully saturated rings. The summed E-state index contributed by atoms with van der Waals surface area (Å²) in [6, 6.07) is 0. The number of rotatable bonds is 2. The van der Waals surface area contributed by atoms with Crippen molar-refractivity contribution in [3.63, 3.8) is 0 Å². The van der Waals surface area contributed by atoms with Crippen LogP contribution in [-0.4, -0.2) is 67.6 Å². The van der Waals surface area contributed by atoms with E-state index in [1.165, 1.54) is 0 Å². The minimum atomic E-state index is -0.502. The van der Waals surface area contributed by atoms with E-state index in [4.69, 9.17) is 10.5 Å². The third kappa shape index (κ3) is 2.14. The Hall–Kier alpha value is -1.14. The van der Waals surface area contributed by atoms with Gasteiger partial charge in [-0.2, -0.15) is 0 Å². The fourth-order valence-corrected chi connectivity index (χ4v) is 2.24. The van der Waals surface area contributed by atoms with Gasteiger partial charge < -0.3 is 20.3 Å². The summed E-state index contributed by atoms with van der Waals surface area (Å²) < 4.78 is 5.11. The van der Waals surface area contributed by atoms with E-state index in [2.05, 4.69) is 0 Å². The Morgan fingerprint density at radius 2 is 1.71 bits per heavy atom. The van der Waals surface area contributed by atoms with Crippen molar-refractivity contribution >= 4 is 11.8 Å². The second-order valence-electron chi connectivity index (χ2n) is 4.78. The fraction of sp³-hybridized carbons (Fsp3) is 0.818. The molecule has 0 aromatic rings. The van der Waals surface area contributed by atoms with E-state index in [0.29, 0.717) is 45.9 Å². The normalized spacial score (nSPS) is 23.2. The van der Waals surface area contributed by atoms with Gasteiger partial charge in [0.2, 0.25) is 11.8 Å². The first-order valence-corrected chi connectivity index (χ1v) is 5.92. The van der Waals surface area contributed by atoms with Crippen LogP contribution in [0.4, 0.5) is 0 Å². The van der Waals surface area contributed by atoms with Crippen molar-refractivity contribution in [3.05, 3.63) is 0 Å². The van der Waals surface area contributed by atoms with Crippen LogP contribution in [0.3, 0.4) is 0 Å². The summed E-state index contributed by atoms with van der Waals surface area (Å²) in [6.07, 6.45) is 0. The molecule has 0 saturated carbocycles. The fourth-order valence-electron chi connectivity index (χ4n) is 2.24. The Kier molecular flexibility index (Phi) is 3.35. The molecule has 2 aliphatic rings. The first-order valence-electron chi connectivity index (χ1n) is 5.92. The molecule has 17 heavy (non-hydrogen) atoms. The topological polar surface area (TPSA) is 75.9 Å². The maximum Gasteiger partial charge on any atom is 0.234 e. The lowest BCUT2D eigenvalue weighted by Gasteiger charge is -2.44. The van der Waals surface area contributed by atoms with Crippen molar-refractivity contribution in [2.24, 2.45) is 11.1 Å². The summed E-state index contributed by atoms with van der Waals surface area (Å²) in [5.74, 6) is 0.145. The van der Waals surface area contributed by atoms with Crippen LogP contribution in [0.1, 0.15) is 6.92 Å². The zero-order valence-electron chi connectivity index (χ0n) is 10.1. The van der Waals surface area contributed by atoms with Gasteiger partial charge in [-0.15, -0.1) is 0 Å². The Balaban J connectivity index is 1.92. The first kappa shape index (κ1) is 12.3. The van der Waals surface area contributed by atoms with Crippen LogP contribution in [0.2, 0.25) is 0 Å². The molecule has 2 aliphatic heterocycles. The summed E-state index contributed by atoms with van der Waals surface area (Å²) in [5.41, 5.74) is 5.16. The van der Waals surface area contributed by atoms with E-state index in [-0.39, 0.29) is 11.8 Å². The van der Waals surface area contributed by atoms with E-state index < -0.39 is 5.41 Å². The van der Waals surface area contributed by atoms with Crippen molar-refractivity contribution in [1.29, 1.82) is 0 Å². The average molecular weight is 241 g/mol. The Morgan fingerprint density at radius 3 is 2.06 bits per heavy atom. The van der Waals surface area contributed by atoms with Crippen molar-refractivity contribution in [1.82, 2.24) is 9.80 Å². The molecular formula is C11H19N3O3. The highest BCUT2D eigenvalue weighted by atomic mass is 16.5. The molecule has 6 nitrogen and oxygen atoms in total. The highest BCUT2D eigenvalue weighted by Crippen LogP contribution is 2.29. The minimum absolute atomic E-state index is 0.0672. The van der Waals surface area contributed by atoms with Gasteiger partial charge in [0.25, 0.3) is 0 Å². The summed E-state index contributed by atoms with van der Waals surface area (Å²) >= 11 is 0. The number of nitrogens with zero attached hydrogens (tertiary/aromatic N) is 2. The summed E-state index contributed by atoms with van der Waals surface area (Å²) in [4.78, 5) is 27.0. The number of carbonyl (C=O) groups excluding carboxylic acids is 2. The molecule has 0 atom stereocenters. The molecule has 0 aliphatic carbocycles. The lowest BCUT2D eigenvalue weighted by molar-refractivity contribution is -0.172. The highest BCUT2D eigenvalue weighted by Gasteiger charge is 2.47. The molecule has 2 saturated heterocycles. The molecule has 0 radical (unpaired) electrons. The Labute approximate surface area is 101 Å². The highest BCUT2D eigenvalue weighted by molar-refractivity contribution is 5.84. The van der Waals surface area contributed by atoms with Crippen LogP contribution in [0, 0.1) is 5.41 Å². The van der Waals surface area contributed by atoms with Gasteiger partial charge in [0, 0.05) is 39.6 Å². The van der Waals surface area contributed by atoms with Crippen LogP contribution in [0.5, 0.6) is 0 Å². The molecule has 0 aromatic heterocycles. The number of carbonyl (C=O) groups is 2. The second kappa shape index (κ2) is 4.62. The summed E-state index contributed by atoms with van der Waals surface area (Å²) in [6.45, 7) is 5.16. The SMILES string of the molecule is CC(=O)N1CCN(C(=O)C2(CN)COC2)CC1. The molecule has 0 aromatic carbocycles. The molecular weight excluding hydrogens is 222 g/mol. The van der Waals surface area contributed by atoms with E-state index in [1.54, 1.807) is 16.7 Å². The van der Waals surface area contributed by atoms with E-state index >= 15 is 0 Å². The second-order valence-corrected chi connectivity index (χ2v) is 4.78. The van der Waals surface area contributed by atoms with Crippen LogP contribution >= 0.6 is 0 Å². The van der Waals surface area contributed by atoms with Crippen molar-refractivity contribution in [2.45, 2.75) is 6.92 Å². The molecule has 6 heteroatoms. The quantitative estimate of drug-likeness (QED) is 0.648. The number of piperazine rings is 1. The molecule has 2 heterocycles. The molecule has 2 rings (SSSR count). The predicted octanol–water partition coefficient (Wildman–Crippen LogP) is -1.35. The molecule has 0 bridgehead atoms. The Bertz CT molecular complexity index is 314. The maximum atomic E-state index is 12.3. The smallest absolute Gasteiger partial charge is 0.234 e. The minimum Gasteiger partial charge on any atom is -0.379 e. The van der Waals surface area contributed by atoms with Gasteiger partial charge in [-0.25, -0.2) is 0 Å². The van der Waals surface area contributed by atoms with Crippen LogP contribution in [0.15, 0.2) is 0 Å². The number of hydrogen-bond donors (Lipinski definition) is 1. The van der Waals surface area contributed by atoms with Crippen LogP contribution in [0.25, 0.3) is 0 Å². The van der Waals surface area contributed by atoms with E-state index in [0.717, 1.165) is 0 Å². The van der Waals surface area contributed by atoms with E-state index in [1.807, 2.05) is 0 Å². The molecule has 2 amide bonds. The van der Waals surface area contributed by atoms with Gasteiger partial charge in [0.05, 0.1) is 13.2 Å². The molecule has 2 N–H and O–H groups in total. The standard InChI is InChI=1S/C11H19N3O3/c1-9(15)13-2-4-14(5-3-13)10(16)11(6-12)7-17-8-11/h2-8,12H2,1H3. The van der Waals surface area contributed by atoms with Crippen LogP contribution < -0.4 is 5.73 Å². The van der Waals surface area contributed by atoms with Gasteiger partial charge in [0.1, 0.15) is 5.41 Å². The summed E-state index contributed by atoms with van der Waals surface area (Å²) in [5, 5.41) is 0. The third-order valence-electron chi connectivity index (χ3n) is 3.61. The maximum absolute atomic E-state index is 12.3. The molecule has 96 valence electrons. The van der Waals surface area contributed by atoms with Gasteiger partial charge in [-0.1, -0.05) is 0 Å². The van der Waals surface area contributed by atoms with Crippen LogP contribution in [-0.2, 0) is 14.3 Å². The number of ether oxygens (including phenoxy) is 1. The largest absolute Gasteiger partial charge is 0.379 e. The molecule has 0 spiro atoms. The predicted molar refractivity (Wildman–Crippen MR) is 61.1 cm³/mol. The number of amides is 2. The van der Waals surface area contributed by atoms with Crippen molar-refractivity contribution in [2.75, 3.05) is 45.9 Å². The van der Waals surface area contributed by atoms with Crippen molar-refractivity contribution < 1.29 is 14.3 Å².